The molecular weight excluding hydrogens is 235 g/mol. The standard InChI is InChI=1S/C17H21P/c1-3-4-8-15-11-12-16(13(2)17(15)18)14-9-6-5-7-10-14/h5-7,9-12H,3-4,8,18H2,1-2H3. The summed E-state index contributed by atoms with van der Waals surface area (Å²) in [5.41, 5.74) is 5.51. The van der Waals surface area contributed by atoms with Gasteiger partial charge < -0.3 is 0 Å². The van der Waals surface area contributed by atoms with Gasteiger partial charge in [0, 0.05) is 0 Å². The Hall–Kier alpha value is -1.13. The molecule has 1 unspecified atom stereocenters. The SMILES string of the molecule is CCCCc1ccc(-c2ccccc2)c(C)c1P. The number of benzene rings is 2. The van der Waals surface area contributed by atoms with Gasteiger partial charge in [0.15, 0.2) is 0 Å². The Labute approximate surface area is 113 Å². The summed E-state index contributed by atoms with van der Waals surface area (Å²) >= 11 is 0. The number of unbranched alkanes of at least 4 members (excludes halogenated alkanes) is 1. The molecule has 1 heteroatoms. The molecule has 0 aliphatic carbocycles. The maximum atomic E-state index is 2.92. The van der Waals surface area contributed by atoms with E-state index < -0.39 is 0 Å². The molecule has 18 heavy (non-hydrogen) atoms. The minimum Gasteiger partial charge on any atom is -0.105 e. The monoisotopic (exact) mass is 256 g/mol. The quantitative estimate of drug-likeness (QED) is 0.706. The molecule has 2 rings (SSSR count). The highest BCUT2D eigenvalue weighted by atomic mass is 31.0. The van der Waals surface area contributed by atoms with Gasteiger partial charge in [-0.2, -0.15) is 0 Å². The zero-order valence-electron chi connectivity index (χ0n) is 11.2. The first-order chi connectivity index (χ1) is 8.74. The third-order valence-corrected chi connectivity index (χ3v) is 4.29. The van der Waals surface area contributed by atoms with Crippen LogP contribution in [0.5, 0.6) is 0 Å². The fourth-order valence-corrected chi connectivity index (χ4v) is 2.70. The van der Waals surface area contributed by atoms with Gasteiger partial charge in [-0.15, -0.1) is 9.24 Å². The second-order valence-corrected chi connectivity index (χ2v) is 5.36. The lowest BCUT2D eigenvalue weighted by Gasteiger charge is -2.13. The largest absolute Gasteiger partial charge is 0.105 e. The van der Waals surface area contributed by atoms with Crippen LogP contribution < -0.4 is 5.30 Å². The smallest absolute Gasteiger partial charge is 0.0148 e. The van der Waals surface area contributed by atoms with Gasteiger partial charge in [-0.25, -0.2) is 0 Å². The highest BCUT2D eigenvalue weighted by Gasteiger charge is 2.07. The molecule has 0 heterocycles. The summed E-state index contributed by atoms with van der Waals surface area (Å²) in [5, 5.41) is 1.38. The van der Waals surface area contributed by atoms with Crippen molar-refractivity contribution in [1.29, 1.82) is 0 Å². The highest BCUT2D eigenvalue weighted by molar-refractivity contribution is 7.27. The Balaban J connectivity index is 2.38. The Morgan fingerprint density at radius 1 is 1.00 bits per heavy atom. The Morgan fingerprint density at radius 2 is 1.72 bits per heavy atom. The number of rotatable bonds is 4. The van der Waals surface area contributed by atoms with Crippen LogP contribution in [0.15, 0.2) is 42.5 Å². The summed E-state index contributed by atoms with van der Waals surface area (Å²) in [6.45, 7) is 4.47. The Morgan fingerprint density at radius 3 is 2.39 bits per heavy atom. The molecule has 94 valence electrons. The molecule has 0 saturated heterocycles. The predicted molar refractivity (Wildman–Crippen MR) is 84.6 cm³/mol. The molecule has 0 amide bonds. The van der Waals surface area contributed by atoms with Crippen LogP contribution in [-0.2, 0) is 6.42 Å². The minimum absolute atomic E-state index is 1.19. The molecule has 1 atom stereocenters. The summed E-state index contributed by atoms with van der Waals surface area (Å²) in [4.78, 5) is 0. The van der Waals surface area contributed by atoms with Crippen molar-refractivity contribution in [1.82, 2.24) is 0 Å². The average Bonchev–Trinajstić information content (AvgIpc) is 2.41. The summed E-state index contributed by atoms with van der Waals surface area (Å²) in [7, 11) is 2.92. The second-order valence-electron chi connectivity index (χ2n) is 4.78. The van der Waals surface area contributed by atoms with Crippen LogP contribution in [0, 0.1) is 6.92 Å². The molecule has 0 fully saturated rings. The lowest BCUT2D eigenvalue weighted by molar-refractivity contribution is 0.797. The summed E-state index contributed by atoms with van der Waals surface area (Å²) in [6, 6.07) is 15.2. The van der Waals surface area contributed by atoms with E-state index in [0.29, 0.717) is 0 Å². The van der Waals surface area contributed by atoms with Gasteiger partial charge in [0.05, 0.1) is 0 Å². The molecule has 2 aromatic rings. The van der Waals surface area contributed by atoms with Gasteiger partial charge >= 0.3 is 0 Å². The topological polar surface area (TPSA) is 0 Å². The van der Waals surface area contributed by atoms with Crippen molar-refractivity contribution in [3.8, 4) is 11.1 Å². The van der Waals surface area contributed by atoms with Crippen LogP contribution in [0.4, 0.5) is 0 Å². The van der Waals surface area contributed by atoms with Gasteiger partial charge in [0.2, 0.25) is 0 Å². The van der Waals surface area contributed by atoms with E-state index in [-0.39, 0.29) is 0 Å². The highest BCUT2D eigenvalue weighted by Crippen LogP contribution is 2.24. The molecule has 0 nitrogen and oxygen atoms in total. The molecule has 0 saturated carbocycles. The maximum absolute atomic E-state index is 2.92. The van der Waals surface area contributed by atoms with E-state index in [1.54, 1.807) is 0 Å². The summed E-state index contributed by atoms with van der Waals surface area (Å²) in [6.07, 6.45) is 3.71. The predicted octanol–water partition coefficient (Wildman–Crippen LogP) is 4.51. The van der Waals surface area contributed by atoms with Crippen LogP contribution >= 0.6 is 9.24 Å². The zero-order valence-corrected chi connectivity index (χ0v) is 12.4. The molecule has 0 aliphatic rings. The first kappa shape index (κ1) is 13.3. The van der Waals surface area contributed by atoms with Crippen molar-refractivity contribution in [3.63, 3.8) is 0 Å². The van der Waals surface area contributed by atoms with Gasteiger partial charge in [0.1, 0.15) is 0 Å². The molecule has 0 aliphatic heterocycles. The van der Waals surface area contributed by atoms with Crippen molar-refractivity contribution in [2.24, 2.45) is 0 Å². The zero-order chi connectivity index (χ0) is 13.0. The van der Waals surface area contributed by atoms with Crippen molar-refractivity contribution < 1.29 is 0 Å². The fraction of sp³-hybridized carbons (Fsp3) is 0.294. The molecule has 0 radical (unpaired) electrons. The van der Waals surface area contributed by atoms with Crippen LogP contribution in [0.1, 0.15) is 30.9 Å². The molecule has 0 bridgehead atoms. The minimum atomic E-state index is 1.19. The van der Waals surface area contributed by atoms with Gasteiger partial charge in [0.25, 0.3) is 0 Å². The molecular formula is C17H21P. The molecule has 0 aromatic heterocycles. The van der Waals surface area contributed by atoms with E-state index in [1.165, 1.54) is 46.8 Å². The van der Waals surface area contributed by atoms with Crippen molar-refractivity contribution in [3.05, 3.63) is 53.6 Å². The number of hydrogen-bond donors (Lipinski definition) is 0. The van der Waals surface area contributed by atoms with Crippen molar-refractivity contribution >= 4 is 14.5 Å². The lowest BCUT2D eigenvalue weighted by Crippen LogP contribution is -2.07. The number of aryl methyl sites for hydroxylation is 1. The van der Waals surface area contributed by atoms with E-state index in [9.17, 15) is 0 Å². The van der Waals surface area contributed by atoms with Crippen LogP contribution in [0.3, 0.4) is 0 Å². The second kappa shape index (κ2) is 6.16. The maximum Gasteiger partial charge on any atom is -0.0148 e. The van der Waals surface area contributed by atoms with Gasteiger partial charge in [-0.05, 0) is 47.3 Å². The molecule has 0 spiro atoms. The number of hydrogen-bond acceptors (Lipinski definition) is 0. The first-order valence-corrected chi connectivity index (χ1v) is 7.25. The molecule has 2 aromatic carbocycles. The van der Waals surface area contributed by atoms with Gasteiger partial charge in [-0.1, -0.05) is 55.8 Å². The van der Waals surface area contributed by atoms with E-state index in [1.807, 2.05) is 0 Å². The van der Waals surface area contributed by atoms with Crippen LogP contribution in [0.2, 0.25) is 0 Å². The van der Waals surface area contributed by atoms with E-state index in [4.69, 9.17) is 0 Å². The van der Waals surface area contributed by atoms with Crippen molar-refractivity contribution in [2.75, 3.05) is 0 Å². The van der Waals surface area contributed by atoms with Gasteiger partial charge in [-0.3, -0.25) is 0 Å². The fourth-order valence-electron chi connectivity index (χ4n) is 2.30. The van der Waals surface area contributed by atoms with E-state index in [0.717, 1.165) is 0 Å². The summed E-state index contributed by atoms with van der Waals surface area (Å²) in [5.74, 6) is 0. The van der Waals surface area contributed by atoms with Crippen LogP contribution in [0.25, 0.3) is 11.1 Å². The van der Waals surface area contributed by atoms with E-state index in [2.05, 4.69) is 65.6 Å². The summed E-state index contributed by atoms with van der Waals surface area (Å²) < 4.78 is 0. The Bertz CT molecular complexity index is 515. The lowest BCUT2D eigenvalue weighted by atomic mass is 9.96. The third-order valence-electron chi connectivity index (χ3n) is 3.49. The Kier molecular flexibility index (Phi) is 4.55. The third kappa shape index (κ3) is 2.82. The normalized spacial score (nSPS) is 10.6. The first-order valence-electron chi connectivity index (χ1n) is 6.67. The molecule has 0 N–H and O–H groups in total. The average molecular weight is 256 g/mol. The van der Waals surface area contributed by atoms with E-state index >= 15 is 0 Å². The van der Waals surface area contributed by atoms with Crippen molar-refractivity contribution in [2.45, 2.75) is 33.1 Å². The van der Waals surface area contributed by atoms with Crippen LogP contribution in [-0.4, -0.2) is 0 Å².